The van der Waals surface area contributed by atoms with Crippen molar-refractivity contribution >= 4 is 17.5 Å². The highest BCUT2D eigenvalue weighted by Gasteiger charge is 2.28. The number of benzene rings is 2. The van der Waals surface area contributed by atoms with E-state index in [1.165, 1.54) is 0 Å². The summed E-state index contributed by atoms with van der Waals surface area (Å²) >= 11 is -0.139. The lowest BCUT2D eigenvalue weighted by Crippen LogP contribution is -2.07. The molecule has 2 aromatic rings. The minimum atomic E-state index is -4.30. The van der Waals surface area contributed by atoms with E-state index >= 15 is 0 Å². The fourth-order valence-corrected chi connectivity index (χ4v) is 2.34. The Hall–Kier alpha value is -1.75. The fraction of sp³-hybridized carbons (Fsp3) is 0.133. The van der Waals surface area contributed by atoms with Crippen LogP contribution in [0.4, 0.5) is 13.2 Å². The SMILES string of the molecule is O=C(c1ccccc1)c1ccccc1CSC(F)(F)F. The molecule has 20 heavy (non-hydrogen) atoms. The maximum absolute atomic E-state index is 12.3. The summed E-state index contributed by atoms with van der Waals surface area (Å²) in [5.74, 6) is -0.526. The van der Waals surface area contributed by atoms with Gasteiger partial charge in [0.15, 0.2) is 5.78 Å². The van der Waals surface area contributed by atoms with Crippen molar-refractivity contribution in [2.45, 2.75) is 11.3 Å². The smallest absolute Gasteiger partial charge is 0.289 e. The highest BCUT2D eigenvalue weighted by atomic mass is 32.2. The Labute approximate surface area is 118 Å². The normalized spacial score (nSPS) is 11.3. The molecular formula is C15H11F3OS. The Kier molecular flexibility index (Phi) is 4.49. The molecule has 0 unspecified atom stereocenters. The van der Waals surface area contributed by atoms with Gasteiger partial charge in [0.2, 0.25) is 0 Å². The second kappa shape index (κ2) is 6.13. The van der Waals surface area contributed by atoms with Gasteiger partial charge in [0.05, 0.1) is 0 Å². The van der Waals surface area contributed by atoms with Gasteiger partial charge in [0.1, 0.15) is 0 Å². The first-order chi connectivity index (χ1) is 9.47. The zero-order chi connectivity index (χ0) is 14.6. The van der Waals surface area contributed by atoms with Crippen molar-refractivity contribution < 1.29 is 18.0 Å². The lowest BCUT2D eigenvalue weighted by molar-refractivity contribution is -0.0329. The van der Waals surface area contributed by atoms with Crippen LogP contribution in [0.5, 0.6) is 0 Å². The number of carbonyl (C=O) groups is 1. The number of alkyl halides is 3. The molecule has 2 aromatic carbocycles. The third kappa shape index (κ3) is 3.87. The number of carbonyl (C=O) groups excluding carboxylic acids is 1. The summed E-state index contributed by atoms with van der Waals surface area (Å²) < 4.78 is 36.8. The van der Waals surface area contributed by atoms with Gasteiger partial charge in [-0.1, -0.05) is 54.6 Å². The van der Waals surface area contributed by atoms with E-state index < -0.39 is 5.51 Å². The first-order valence-electron chi connectivity index (χ1n) is 5.86. The summed E-state index contributed by atoms with van der Waals surface area (Å²) in [5.41, 5.74) is -3.13. The van der Waals surface area contributed by atoms with Gasteiger partial charge >= 0.3 is 5.51 Å². The van der Waals surface area contributed by atoms with Crippen LogP contribution in [0, 0.1) is 0 Å². The fourth-order valence-electron chi connectivity index (χ4n) is 1.77. The van der Waals surface area contributed by atoms with Gasteiger partial charge in [0.25, 0.3) is 0 Å². The van der Waals surface area contributed by atoms with Crippen molar-refractivity contribution in [1.29, 1.82) is 0 Å². The number of thioether (sulfide) groups is 1. The Morgan fingerprint density at radius 3 is 2.20 bits per heavy atom. The molecule has 0 fully saturated rings. The molecule has 0 radical (unpaired) electrons. The van der Waals surface area contributed by atoms with E-state index in [4.69, 9.17) is 0 Å². The van der Waals surface area contributed by atoms with Crippen LogP contribution in [-0.2, 0) is 5.75 Å². The van der Waals surface area contributed by atoms with Crippen molar-refractivity contribution in [2.75, 3.05) is 0 Å². The van der Waals surface area contributed by atoms with Crippen LogP contribution < -0.4 is 0 Å². The van der Waals surface area contributed by atoms with Crippen LogP contribution in [0.1, 0.15) is 21.5 Å². The van der Waals surface area contributed by atoms with Gasteiger partial charge in [-0.3, -0.25) is 4.79 Å². The van der Waals surface area contributed by atoms with Crippen LogP contribution in [0.2, 0.25) is 0 Å². The monoisotopic (exact) mass is 296 g/mol. The number of hydrogen-bond donors (Lipinski definition) is 0. The van der Waals surface area contributed by atoms with Gasteiger partial charge < -0.3 is 0 Å². The Morgan fingerprint density at radius 1 is 0.950 bits per heavy atom. The van der Waals surface area contributed by atoms with Crippen LogP contribution in [0.3, 0.4) is 0 Å². The molecule has 0 aromatic heterocycles. The van der Waals surface area contributed by atoms with Gasteiger partial charge in [-0.05, 0) is 17.3 Å². The molecular weight excluding hydrogens is 285 g/mol. The number of halogens is 3. The number of hydrogen-bond acceptors (Lipinski definition) is 2. The average molecular weight is 296 g/mol. The quantitative estimate of drug-likeness (QED) is 0.763. The van der Waals surface area contributed by atoms with E-state index in [9.17, 15) is 18.0 Å². The highest BCUT2D eigenvalue weighted by Crippen LogP contribution is 2.33. The molecule has 1 nitrogen and oxygen atoms in total. The summed E-state index contributed by atoms with van der Waals surface area (Å²) in [6, 6.07) is 14.9. The highest BCUT2D eigenvalue weighted by molar-refractivity contribution is 7.99. The summed E-state index contributed by atoms with van der Waals surface area (Å²) in [6.45, 7) is 0. The second-order valence-corrected chi connectivity index (χ2v) is 5.13. The van der Waals surface area contributed by atoms with Crippen LogP contribution in [-0.4, -0.2) is 11.3 Å². The van der Waals surface area contributed by atoms with E-state index in [1.54, 1.807) is 54.6 Å². The van der Waals surface area contributed by atoms with Gasteiger partial charge in [0, 0.05) is 16.9 Å². The molecule has 0 spiro atoms. The summed E-state index contributed by atoms with van der Waals surface area (Å²) in [6.07, 6.45) is 0. The molecule has 104 valence electrons. The van der Waals surface area contributed by atoms with Crippen LogP contribution in [0.25, 0.3) is 0 Å². The summed E-state index contributed by atoms with van der Waals surface area (Å²) in [4.78, 5) is 12.3. The standard InChI is InChI=1S/C15H11F3OS/c16-15(17,18)20-10-12-8-4-5-9-13(12)14(19)11-6-2-1-3-7-11/h1-9H,10H2. The van der Waals surface area contributed by atoms with E-state index in [1.807, 2.05) is 0 Å². The molecule has 5 heteroatoms. The maximum atomic E-state index is 12.3. The molecule has 0 saturated carbocycles. The van der Waals surface area contributed by atoms with Crippen molar-refractivity contribution in [3.05, 3.63) is 71.3 Å². The molecule has 2 rings (SSSR count). The molecule has 0 aliphatic carbocycles. The molecule has 0 bridgehead atoms. The average Bonchev–Trinajstić information content (AvgIpc) is 2.45. The topological polar surface area (TPSA) is 17.1 Å². The lowest BCUT2D eigenvalue weighted by Gasteiger charge is -2.10. The Bertz CT molecular complexity index is 594. The van der Waals surface area contributed by atoms with Crippen molar-refractivity contribution in [3.8, 4) is 0 Å². The second-order valence-electron chi connectivity index (χ2n) is 4.09. The molecule has 0 aliphatic rings. The molecule has 0 atom stereocenters. The van der Waals surface area contributed by atoms with Gasteiger partial charge in [-0.25, -0.2) is 0 Å². The molecule has 0 amide bonds. The zero-order valence-corrected chi connectivity index (χ0v) is 11.2. The van der Waals surface area contributed by atoms with Crippen molar-refractivity contribution in [3.63, 3.8) is 0 Å². The van der Waals surface area contributed by atoms with Crippen molar-refractivity contribution in [2.24, 2.45) is 0 Å². The third-order valence-corrected chi connectivity index (χ3v) is 3.47. The largest absolute Gasteiger partial charge is 0.442 e. The molecule has 0 aliphatic heterocycles. The first-order valence-corrected chi connectivity index (χ1v) is 6.84. The van der Waals surface area contributed by atoms with Crippen LogP contribution >= 0.6 is 11.8 Å². The minimum absolute atomic E-state index is 0.139. The molecule has 0 heterocycles. The van der Waals surface area contributed by atoms with E-state index in [2.05, 4.69) is 0 Å². The predicted octanol–water partition coefficient (Wildman–Crippen LogP) is 4.67. The maximum Gasteiger partial charge on any atom is 0.442 e. The lowest BCUT2D eigenvalue weighted by atomic mass is 9.99. The third-order valence-electron chi connectivity index (χ3n) is 2.69. The van der Waals surface area contributed by atoms with E-state index in [-0.39, 0.29) is 23.3 Å². The predicted molar refractivity (Wildman–Crippen MR) is 73.7 cm³/mol. The number of rotatable bonds is 4. The zero-order valence-electron chi connectivity index (χ0n) is 10.4. The summed E-state index contributed by atoms with van der Waals surface area (Å²) in [7, 11) is 0. The molecule has 0 N–H and O–H groups in total. The van der Waals surface area contributed by atoms with E-state index in [0.717, 1.165) is 0 Å². The molecule has 0 saturated heterocycles. The summed E-state index contributed by atoms with van der Waals surface area (Å²) in [5, 5.41) is 0. The number of ketones is 1. The first kappa shape index (κ1) is 14.7. The van der Waals surface area contributed by atoms with Crippen molar-refractivity contribution in [1.82, 2.24) is 0 Å². The van der Waals surface area contributed by atoms with Gasteiger partial charge in [-0.2, -0.15) is 13.2 Å². The Morgan fingerprint density at radius 2 is 1.55 bits per heavy atom. The van der Waals surface area contributed by atoms with Crippen LogP contribution in [0.15, 0.2) is 54.6 Å². The Balaban J connectivity index is 2.26. The minimum Gasteiger partial charge on any atom is -0.289 e. The van der Waals surface area contributed by atoms with Gasteiger partial charge in [-0.15, -0.1) is 0 Å². The van der Waals surface area contributed by atoms with E-state index in [0.29, 0.717) is 16.7 Å².